The molecular weight excluding hydrogens is 313 g/mol. The van der Waals surface area contributed by atoms with Crippen molar-refractivity contribution in [2.75, 3.05) is 0 Å². The van der Waals surface area contributed by atoms with E-state index in [1.54, 1.807) is 13.8 Å². The normalized spacial score (nSPS) is 14.6. The van der Waals surface area contributed by atoms with E-state index in [1.165, 1.54) is 30.3 Å². The molecule has 0 amide bonds. The number of benzene rings is 2. The molecule has 1 N–H and O–H groups in total. The van der Waals surface area contributed by atoms with Crippen molar-refractivity contribution < 1.29 is 22.0 Å². The fraction of sp³-hybridized carbons (Fsp3) is 0.294. The first-order chi connectivity index (χ1) is 10.7. The van der Waals surface area contributed by atoms with Crippen LogP contribution in [-0.2, 0) is 6.18 Å². The van der Waals surface area contributed by atoms with Crippen LogP contribution in [-0.4, -0.2) is 0 Å². The summed E-state index contributed by atoms with van der Waals surface area (Å²) in [5.74, 6) is -1.32. The van der Waals surface area contributed by atoms with Crippen LogP contribution in [0, 0.1) is 11.6 Å². The zero-order valence-corrected chi connectivity index (χ0v) is 12.6. The van der Waals surface area contributed by atoms with Crippen molar-refractivity contribution in [2.24, 2.45) is 0 Å². The Morgan fingerprint density at radius 2 is 1.35 bits per heavy atom. The lowest BCUT2D eigenvalue weighted by atomic mass is 10.0. The molecule has 0 spiro atoms. The second kappa shape index (κ2) is 6.66. The number of alkyl halides is 3. The van der Waals surface area contributed by atoms with Crippen LogP contribution >= 0.6 is 0 Å². The maximum atomic E-state index is 13.7. The third-order valence-corrected chi connectivity index (χ3v) is 3.67. The lowest BCUT2D eigenvalue weighted by Gasteiger charge is -2.22. The summed E-state index contributed by atoms with van der Waals surface area (Å²) in [7, 11) is 0. The number of hydrogen-bond acceptors (Lipinski definition) is 1. The van der Waals surface area contributed by atoms with Gasteiger partial charge in [0.05, 0.1) is 5.56 Å². The predicted molar refractivity (Wildman–Crippen MR) is 77.8 cm³/mol. The van der Waals surface area contributed by atoms with E-state index in [0.717, 1.165) is 12.1 Å². The highest BCUT2D eigenvalue weighted by atomic mass is 19.4. The minimum absolute atomic E-state index is 0.0914. The molecule has 124 valence electrons. The quantitative estimate of drug-likeness (QED) is 0.741. The molecule has 2 unspecified atom stereocenters. The minimum atomic E-state index is -4.39. The van der Waals surface area contributed by atoms with Gasteiger partial charge < -0.3 is 5.32 Å². The summed E-state index contributed by atoms with van der Waals surface area (Å²) < 4.78 is 65.1. The van der Waals surface area contributed by atoms with Crippen LogP contribution < -0.4 is 5.32 Å². The summed E-state index contributed by atoms with van der Waals surface area (Å²) >= 11 is 0. The van der Waals surface area contributed by atoms with Gasteiger partial charge >= 0.3 is 6.18 Å². The number of nitrogens with one attached hydrogen (secondary N) is 1. The highest BCUT2D eigenvalue weighted by molar-refractivity contribution is 5.28. The van der Waals surface area contributed by atoms with Crippen LogP contribution in [0.3, 0.4) is 0 Å². The zero-order chi connectivity index (χ0) is 17.2. The third-order valence-electron chi connectivity index (χ3n) is 3.67. The van der Waals surface area contributed by atoms with E-state index < -0.39 is 29.4 Å². The Labute approximate surface area is 131 Å². The molecule has 0 aromatic heterocycles. The first kappa shape index (κ1) is 17.4. The van der Waals surface area contributed by atoms with Gasteiger partial charge in [-0.2, -0.15) is 13.2 Å². The SMILES string of the molecule is CC(NC(C)c1c(F)cccc1F)c1ccc(C(F)(F)F)cc1. The second-order valence-electron chi connectivity index (χ2n) is 5.37. The topological polar surface area (TPSA) is 12.0 Å². The molecule has 0 heterocycles. The molecule has 1 nitrogen and oxygen atoms in total. The van der Waals surface area contributed by atoms with Crippen LogP contribution in [0.25, 0.3) is 0 Å². The molecule has 0 saturated heterocycles. The second-order valence-corrected chi connectivity index (χ2v) is 5.37. The van der Waals surface area contributed by atoms with Crippen molar-refractivity contribution >= 4 is 0 Å². The Hall–Kier alpha value is -1.95. The minimum Gasteiger partial charge on any atom is -0.303 e. The van der Waals surface area contributed by atoms with Crippen LogP contribution in [0.2, 0.25) is 0 Å². The molecule has 6 heteroatoms. The molecule has 2 aromatic rings. The van der Waals surface area contributed by atoms with Gasteiger partial charge in [0.15, 0.2) is 0 Å². The predicted octanol–water partition coefficient (Wildman–Crippen LogP) is 5.40. The smallest absolute Gasteiger partial charge is 0.303 e. The highest BCUT2D eigenvalue weighted by Gasteiger charge is 2.30. The van der Waals surface area contributed by atoms with Crippen LogP contribution in [0.1, 0.15) is 42.6 Å². The lowest BCUT2D eigenvalue weighted by Crippen LogP contribution is -2.24. The summed E-state index contributed by atoms with van der Waals surface area (Å²) in [5, 5.41) is 2.99. The summed E-state index contributed by atoms with van der Waals surface area (Å²) in [6.07, 6.45) is -4.39. The molecule has 0 bridgehead atoms. The lowest BCUT2D eigenvalue weighted by molar-refractivity contribution is -0.137. The van der Waals surface area contributed by atoms with Crippen molar-refractivity contribution in [3.05, 3.63) is 70.8 Å². The summed E-state index contributed by atoms with van der Waals surface area (Å²) in [6, 6.07) is 7.29. The fourth-order valence-corrected chi connectivity index (χ4v) is 2.44. The highest BCUT2D eigenvalue weighted by Crippen LogP contribution is 2.30. The van der Waals surface area contributed by atoms with E-state index >= 15 is 0 Å². The van der Waals surface area contributed by atoms with Gasteiger partial charge in [-0.15, -0.1) is 0 Å². The first-order valence-electron chi connectivity index (χ1n) is 7.07. The van der Waals surface area contributed by atoms with Crippen molar-refractivity contribution in [1.29, 1.82) is 0 Å². The van der Waals surface area contributed by atoms with E-state index in [9.17, 15) is 22.0 Å². The average Bonchev–Trinajstić information content (AvgIpc) is 2.46. The monoisotopic (exact) mass is 329 g/mol. The molecule has 0 radical (unpaired) electrons. The van der Waals surface area contributed by atoms with Gasteiger partial charge in [0, 0.05) is 17.6 Å². The van der Waals surface area contributed by atoms with Crippen molar-refractivity contribution in [3.63, 3.8) is 0 Å². The Morgan fingerprint density at radius 3 is 1.83 bits per heavy atom. The van der Waals surface area contributed by atoms with E-state index in [2.05, 4.69) is 5.32 Å². The number of hydrogen-bond donors (Lipinski definition) is 1. The van der Waals surface area contributed by atoms with Crippen molar-refractivity contribution in [1.82, 2.24) is 5.32 Å². The molecule has 2 atom stereocenters. The van der Waals surface area contributed by atoms with Gasteiger partial charge in [-0.1, -0.05) is 18.2 Å². The van der Waals surface area contributed by atoms with Gasteiger partial charge in [-0.3, -0.25) is 0 Å². The molecule has 23 heavy (non-hydrogen) atoms. The summed E-state index contributed by atoms with van der Waals surface area (Å²) in [4.78, 5) is 0. The van der Waals surface area contributed by atoms with Gasteiger partial charge in [-0.25, -0.2) is 8.78 Å². The molecule has 2 aromatic carbocycles. The first-order valence-corrected chi connectivity index (χ1v) is 7.07. The van der Waals surface area contributed by atoms with Crippen LogP contribution in [0.15, 0.2) is 42.5 Å². The van der Waals surface area contributed by atoms with E-state index in [4.69, 9.17) is 0 Å². The molecule has 0 saturated carbocycles. The zero-order valence-electron chi connectivity index (χ0n) is 12.6. The van der Waals surface area contributed by atoms with E-state index in [1.807, 2.05) is 0 Å². The standard InChI is InChI=1S/C17H16F5N/c1-10(12-6-8-13(9-7-12)17(20,21)22)23-11(2)16-14(18)4-3-5-15(16)19/h3-11,23H,1-2H3. The Balaban J connectivity index is 2.14. The van der Waals surface area contributed by atoms with Gasteiger partial charge in [0.2, 0.25) is 0 Å². The number of halogens is 5. The maximum Gasteiger partial charge on any atom is 0.416 e. The van der Waals surface area contributed by atoms with Crippen molar-refractivity contribution in [2.45, 2.75) is 32.1 Å². The Bertz CT molecular complexity index is 643. The Morgan fingerprint density at radius 1 is 0.826 bits per heavy atom. The van der Waals surface area contributed by atoms with E-state index in [0.29, 0.717) is 5.56 Å². The largest absolute Gasteiger partial charge is 0.416 e. The molecule has 0 aliphatic heterocycles. The van der Waals surface area contributed by atoms with Gasteiger partial charge in [0.1, 0.15) is 11.6 Å². The fourth-order valence-electron chi connectivity index (χ4n) is 2.44. The average molecular weight is 329 g/mol. The molecular formula is C17H16F5N. The maximum absolute atomic E-state index is 13.7. The summed E-state index contributed by atoms with van der Waals surface area (Å²) in [6.45, 7) is 3.32. The Kier molecular flexibility index (Phi) is 5.04. The molecule has 0 aliphatic rings. The van der Waals surface area contributed by atoms with Crippen LogP contribution in [0.5, 0.6) is 0 Å². The number of rotatable bonds is 4. The van der Waals surface area contributed by atoms with E-state index in [-0.39, 0.29) is 11.6 Å². The third kappa shape index (κ3) is 4.07. The molecule has 0 fully saturated rings. The van der Waals surface area contributed by atoms with Crippen molar-refractivity contribution in [3.8, 4) is 0 Å². The molecule has 0 aliphatic carbocycles. The van der Waals surface area contributed by atoms with Crippen LogP contribution in [0.4, 0.5) is 22.0 Å². The molecule has 2 rings (SSSR count). The van der Waals surface area contributed by atoms with Gasteiger partial charge in [0.25, 0.3) is 0 Å². The summed E-state index contributed by atoms with van der Waals surface area (Å²) in [5.41, 5.74) is -0.227. The van der Waals surface area contributed by atoms with Gasteiger partial charge in [-0.05, 0) is 43.7 Å².